The van der Waals surface area contributed by atoms with Crippen LogP contribution in [0, 0.1) is 0 Å². The first kappa shape index (κ1) is 6.29. The molecule has 0 saturated heterocycles. The van der Waals surface area contributed by atoms with Gasteiger partial charge in [-0.2, -0.15) is 11.3 Å². The average molecular weight is 143 g/mol. The summed E-state index contributed by atoms with van der Waals surface area (Å²) in [7, 11) is 1.62. The number of thiophene rings is 1. The highest BCUT2D eigenvalue weighted by Crippen LogP contribution is 2.04. The Morgan fingerprint density at radius 3 is 3.11 bits per heavy atom. The first-order valence-corrected chi connectivity index (χ1v) is 3.53. The highest BCUT2D eigenvalue weighted by Gasteiger charge is 1.99. The Morgan fingerprint density at radius 2 is 2.67 bits per heavy atom. The third-order valence-electron chi connectivity index (χ3n) is 1.01. The quantitative estimate of drug-likeness (QED) is 0.631. The topological polar surface area (TPSA) is 29.1 Å². The van der Waals surface area contributed by atoms with Gasteiger partial charge in [-0.1, -0.05) is 0 Å². The smallest absolute Gasteiger partial charge is 0.251 e. The van der Waals surface area contributed by atoms with Crippen LogP contribution in [0.25, 0.3) is 0 Å². The van der Waals surface area contributed by atoms with Crippen LogP contribution < -0.4 is 5.32 Å². The van der Waals surface area contributed by atoms with Gasteiger partial charge in [0.15, 0.2) is 0 Å². The van der Waals surface area contributed by atoms with Crippen molar-refractivity contribution < 1.29 is 6.22 Å². The molecule has 1 heterocycles. The van der Waals surface area contributed by atoms with E-state index in [1.165, 1.54) is 11.3 Å². The van der Waals surface area contributed by atoms with Crippen molar-refractivity contribution in [1.29, 1.82) is 0 Å². The second kappa shape index (κ2) is 2.64. The first-order valence-electron chi connectivity index (χ1n) is 2.59. The standard InChI is InChI=1S/C6H7NOS.H2/c1-7-6(8)5-2-3-9-4-5;/h2-4H,1H3,(H,7,8);1H. The van der Waals surface area contributed by atoms with Crippen molar-refractivity contribution in [1.82, 2.24) is 5.32 Å². The Labute approximate surface area is 59.0 Å². The van der Waals surface area contributed by atoms with E-state index in [0.717, 1.165) is 5.56 Å². The van der Waals surface area contributed by atoms with E-state index in [2.05, 4.69) is 5.32 Å². The molecule has 0 fully saturated rings. The molecule has 0 aliphatic heterocycles. The monoisotopic (exact) mass is 143 g/mol. The van der Waals surface area contributed by atoms with Gasteiger partial charge in [-0.15, -0.1) is 0 Å². The van der Waals surface area contributed by atoms with Crippen molar-refractivity contribution in [3.8, 4) is 0 Å². The molecular weight excluding hydrogens is 134 g/mol. The molecule has 9 heavy (non-hydrogen) atoms. The third-order valence-corrected chi connectivity index (χ3v) is 1.69. The highest BCUT2D eigenvalue weighted by molar-refractivity contribution is 7.08. The number of amides is 1. The maximum Gasteiger partial charge on any atom is 0.251 e. The van der Waals surface area contributed by atoms with Gasteiger partial charge < -0.3 is 5.32 Å². The second-order valence-electron chi connectivity index (χ2n) is 1.59. The van der Waals surface area contributed by atoms with Crippen LogP contribution in [0.2, 0.25) is 0 Å². The minimum Gasteiger partial charge on any atom is -0.355 e. The lowest BCUT2D eigenvalue weighted by Crippen LogP contribution is -2.16. The van der Waals surface area contributed by atoms with Crippen LogP contribution in [0.3, 0.4) is 0 Å². The van der Waals surface area contributed by atoms with Crippen molar-refractivity contribution >= 4 is 17.2 Å². The molecule has 0 aromatic carbocycles. The van der Waals surface area contributed by atoms with E-state index in [4.69, 9.17) is 0 Å². The molecular formula is C6H9NOS. The zero-order chi connectivity index (χ0) is 6.69. The normalized spacial score (nSPS) is 9.00. The molecule has 1 rings (SSSR count). The summed E-state index contributed by atoms with van der Waals surface area (Å²) in [6.45, 7) is 0. The van der Waals surface area contributed by atoms with Gasteiger partial charge in [0.05, 0.1) is 0 Å². The van der Waals surface area contributed by atoms with Crippen LogP contribution in [0.1, 0.15) is 11.8 Å². The number of carbonyl (C=O) groups excluding carboxylic acids is 1. The van der Waals surface area contributed by atoms with Crippen molar-refractivity contribution in [3.05, 3.63) is 22.4 Å². The zero-order valence-corrected chi connectivity index (χ0v) is 5.87. The summed E-state index contributed by atoms with van der Waals surface area (Å²) in [5, 5.41) is 6.23. The van der Waals surface area contributed by atoms with E-state index in [0.29, 0.717) is 0 Å². The molecule has 0 aliphatic carbocycles. The SMILES string of the molecule is CNC(=O)c1ccsc1.[HH]. The fraction of sp³-hybridized carbons (Fsp3) is 0.167. The Kier molecular flexibility index (Phi) is 1.85. The Balaban J connectivity index is 0.000000810. The number of rotatable bonds is 1. The van der Waals surface area contributed by atoms with Crippen LogP contribution in [0.4, 0.5) is 0 Å². The molecule has 1 aromatic rings. The summed E-state index contributed by atoms with van der Waals surface area (Å²) in [6.07, 6.45) is 0. The Morgan fingerprint density at radius 1 is 1.89 bits per heavy atom. The van der Waals surface area contributed by atoms with Crippen LogP contribution in [-0.2, 0) is 0 Å². The maximum atomic E-state index is 10.8. The Hall–Kier alpha value is -0.830. The minimum atomic E-state index is -0.0174. The highest BCUT2D eigenvalue weighted by atomic mass is 32.1. The van der Waals surface area contributed by atoms with Gasteiger partial charge in [0.25, 0.3) is 5.91 Å². The number of hydrogen-bond donors (Lipinski definition) is 1. The predicted molar refractivity (Wildman–Crippen MR) is 39.8 cm³/mol. The number of carbonyl (C=O) groups is 1. The number of hydrogen-bond acceptors (Lipinski definition) is 2. The van der Waals surface area contributed by atoms with Crippen molar-refractivity contribution in [2.45, 2.75) is 0 Å². The van der Waals surface area contributed by atoms with E-state index >= 15 is 0 Å². The third kappa shape index (κ3) is 1.29. The van der Waals surface area contributed by atoms with E-state index in [1.54, 1.807) is 13.1 Å². The lowest BCUT2D eigenvalue weighted by molar-refractivity contribution is 0.0963. The minimum absolute atomic E-state index is 0. The molecule has 0 radical (unpaired) electrons. The fourth-order valence-corrected chi connectivity index (χ4v) is 1.17. The summed E-state index contributed by atoms with van der Waals surface area (Å²) >= 11 is 1.52. The lowest BCUT2D eigenvalue weighted by Gasteiger charge is -1.90. The first-order chi connectivity index (χ1) is 4.34. The summed E-state index contributed by atoms with van der Waals surface area (Å²) in [5.41, 5.74) is 0.738. The van der Waals surface area contributed by atoms with E-state index in [9.17, 15) is 4.79 Å². The number of nitrogens with one attached hydrogen (secondary N) is 1. The molecule has 0 unspecified atom stereocenters. The van der Waals surface area contributed by atoms with Crippen molar-refractivity contribution in [2.24, 2.45) is 0 Å². The van der Waals surface area contributed by atoms with E-state index in [1.807, 2.05) is 10.8 Å². The molecule has 50 valence electrons. The molecule has 0 spiro atoms. The van der Waals surface area contributed by atoms with E-state index < -0.39 is 0 Å². The largest absolute Gasteiger partial charge is 0.355 e. The van der Waals surface area contributed by atoms with Crippen molar-refractivity contribution in [2.75, 3.05) is 7.05 Å². The fourth-order valence-electron chi connectivity index (χ4n) is 0.538. The molecule has 0 aliphatic rings. The maximum absolute atomic E-state index is 10.8. The molecule has 3 heteroatoms. The van der Waals surface area contributed by atoms with Crippen LogP contribution in [-0.4, -0.2) is 13.0 Å². The predicted octanol–water partition coefficient (Wildman–Crippen LogP) is 1.35. The van der Waals surface area contributed by atoms with Crippen LogP contribution >= 0.6 is 11.3 Å². The molecule has 0 bridgehead atoms. The van der Waals surface area contributed by atoms with Gasteiger partial charge in [-0.05, 0) is 11.4 Å². The average Bonchev–Trinajstić information content (AvgIpc) is 2.37. The summed E-state index contributed by atoms with van der Waals surface area (Å²) in [5.74, 6) is -0.0174. The van der Waals surface area contributed by atoms with Gasteiger partial charge in [-0.3, -0.25) is 4.79 Å². The lowest BCUT2D eigenvalue weighted by atomic mass is 10.3. The van der Waals surface area contributed by atoms with Crippen molar-refractivity contribution in [3.63, 3.8) is 0 Å². The zero-order valence-electron chi connectivity index (χ0n) is 5.05. The molecule has 1 N–H and O–H groups in total. The van der Waals surface area contributed by atoms with Gasteiger partial charge in [0, 0.05) is 19.4 Å². The van der Waals surface area contributed by atoms with Crippen LogP contribution in [0.15, 0.2) is 16.8 Å². The van der Waals surface area contributed by atoms with Gasteiger partial charge in [-0.25, -0.2) is 0 Å². The van der Waals surface area contributed by atoms with Gasteiger partial charge in [0.1, 0.15) is 0 Å². The molecule has 1 aromatic heterocycles. The second-order valence-corrected chi connectivity index (χ2v) is 2.37. The summed E-state index contributed by atoms with van der Waals surface area (Å²) < 4.78 is 0. The summed E-state index contributed by atoms with van der Waals surface area (Å²) in [4.78, 5) is 10.8. The van der Waals surface area contributed by atoms with Crippen LogP contribution in [0.5, 0.6) is 0 Å². The van der Waals surface area contributed by atoms with Gasteiger partial charge in [0.2, 0.25) is 0 Å². The Bertz CT molecular complexity index is 198. The molecule has 0 atom stereocenters. The van der Waals surface area contributed by atoms with E-state index in [-0.39, 0.29) is 7.33 Å². The molecule has 2 nitrogen and oxygen atoms in total. The van der Waals surface area contributed by atoms with Gasteiger partial charge >= 0.3 is 0 Å². The summed E-state index contributed by atoms with van der Waals surface area (Å²) in [6, 6.07) is 1.80. The molecule has 0 saturated carbocycles. The molecule has 1 amide bonds.